The molecule has 58 heavy (non-hydrogen) atoms. The van der Waals surface area contributed by atoms with Crippen molar-refractivity contribution in [3.63, 3.8) is 0 Å². The first-order chi connectivity index (χ1) is 27.3. The Morgan fingerprint density at radius 2 is 1.78 bits per heavy atom. The number of sulfonamides is 1. The molecule has 8 rings (SSSR count). The second-order valence-corrected chi connectivity index (χ2v) is 16.0. The molecule has 2 N–H and O–H groups in total. The third-order valence-corrected chi connectivity index (χ3v) is 10.7. The van der Waals surface area contributed by atoms with Crippen molar-refractivity contribution in [3.05, 3.63) is 104 Å². The van der Waals surface area contributed by atoms with Crippen molar-refractivity contribution in [3.8, 4) is 5.69 Å². The summed E-state index contributed by atoms with van der Waals surface area (Å²) in [6.45, 7) is -2.20. The van der Waals surface area contributed by atoms with Crippen LogP contribution in [0.1, 0.15) is 53.1 Å². The van der Waals surface area contributed by atoms with Crippen LogP contribution in [0.2, 0.25) is 5.02 Å². The van der Waals surface area contributed by atoms with Gasteiger partial charge in [0, 0.05) is 30.2 Å². The quantitative estimate of drug-likeness (QED) is 0.139. The van der Waals surface area contributed by atoms with Gasteiger partial charge in [0.15, 0.2) is 11.5 Å². The zero-order chi connectivity index (χ0) is 41.6. The molecular weight excluding hydrogens is 830 g/mol. The van der Waals surface area contributed by atoms with Gasteiger partial charge in [0.25, 0.3) is 24.3 Å². The molecule has 1 amide bonds. The molecule has 6 aromatic rings. The van der Waals surface area contributed by atoms with Crippen LogP contribution in [-0.4, -0.2) is 61.1 Å². The second kappa shape index (κ2) is 14.0. The van der Waals surface area contributed by atoms with Crippen molar-refractivity contribution in [1.82, 2.24) is 39.4 Å². The molecule has 4 heterocycles. The number of hydrogen-bond acceptors (Lipinski definition) is 8. The monoisotopic (exact) mass is 855 g/mol. The van der Waals surface area contributed by atoms with E-state index in [0.717, 1.165) is 23.0 Å². The van der Waals surface area contributed by atoms with Gasteiger partial charge in [-0.15, -0.1) is 0 Å². The number of nitrogens with one attached hydrogen (secondary N) is 2. The van der Waals surface area contributed by atoms with E-state index < -0.39 is 112 Å². The molecule has 1 saturated carbocycles. The summed E-state index contributed by atoms with van der Waals surface area (Å²) in [5.74, 6) is -9.86. The topological polar surface area (TPSA) is 159 Å². The molecule has 0 aliphatic heterocycles. The number of amides is 1. The van der Waals surface area contributed by atoms with Gasteiger partial charge in [-0.1, -0.05) is 11.6 Å². The van der Waals surface area contributed by atoms with Crippen LogP contribution in [-0.2, 0) is 40.3 Å². The number of aromatic nitrogens is 7. The number of anilines is 1. The average molecular weight is 856 g/mol. The third-order valence-electron chi connectivity index (χ3n) is 9.79. The number of pyridine rings is 1. The first-order valence-corrected chi connectivity index (χ1v) is 19.4. The summed E-state index contributed by atoms with van der Waals surface area (Å²) in [7, 11) is -4.10. The van der Waals surface area contributed by atoms with Crippen LogP contribution in [0, 0.1) is 17.6 Å². The van der Waals surface area contributed by atoms with Crippen molar-refractivity contribution in [2.24, 2.45) is 5.92 Å². The van der Waals surface area contributed by atoms with Gasteiger partial charge in [-0.2, -0.15) is 19.0 Å². The van der Waals surface area contributed by atoms with Gasteiger partial charge >= 0.3 is 0 Å². The molecule has 1 fully saturated rings. The number of nitrogens with zero attached hydrogens (tertiary/aromatic N) is 7. The van der Waals surface area contributed by atoms with E-state index in [0.29, 0.717) is 15.4 Å². The lowest BCUT2D eigenvalue weighted by Gasteiger charge is -2.24. The fourth-order valence-electron chi connectivity index (χ4n) is 7.58. The molecule has 3 atom stereocenters. The van der Waals surface area contributed by atoms with E-state index in [1.54, 1.807) is 0 Å². The molecule has 0 radical (unpaired) electrons. The van der Waals surface area contributed by atoms with Gasteiger partial charge in [-0.3, -0.25) is 28.2 Å². The van der Waals surface area contributed by atoms with E-state index in [9.17, 15) is 44.3 Å². The first kappa shape index (κ1) is 39.2. The minimum Gasteiger partial charge on any atom is -0.344 e. The molecule has 23 heteroatoms. The lowest BCUT2D eigenvalue weighted by molar-refractivity contribution is -0.123. The summed E-state index contributed by atoms with van der Waals surface area (Å²) in [5.41, 5.74) is -3.97. The van der Waals surface area contributed by atoms with Crippen molar-refractivity contribution in [2.45, 2.75) is 56.7 Å². The zero-order valence-electron chi connectivity index (χ0n) is 29.4. The highest BCUT2D eigenvalue weighted by Crippen LogP contribution is 2.68. The number of halogens is 9. The maximum atomic E-state index is 15.4. The van der Waals surface area contributed by atoms with E-state index >= 15 is 8.78 Å². The largest absolute Gasteiger partial charge is 0.344 e. The Kier molecular flexibility index (Phi) is 9.48. The number of carbonyl (C=O) groups excluding carboxylic acids is 1. The highest BCUT2D eigenvalue weighted by Gasteiger charge is 2.67. The number of rotatable bonds is 12. The summed E-state index contributed by atoms with van der Waals surface area (Å²) in [6, 6.07) is 5.80. The first-order valence-electron chi connectivity index (χ1n) is 17.2. The molecule has 2 aliphatic carbocycles. The second-order valence-electron chi connectivity index (χ2n) is 13.9. The van der Waals surface area contributed by atoms with Gasteiger partial charge in [0.1, 0.15) is 41.9 Å². The van der Waals surface area contributed by atoms with Crippen molar-refractivity contribution in [1.29, 1.82) is 0 Å². The van der Waals surface area contributed by atoms with E-state index in [2.05, 4.69) is 30.2 Å². The Hall–Kier alpha value is -5.64. The number of hydrogen-bond donors (Lipinski definition) is 2. The maximum absolute atomic E-state index is 15.4. The molecule has 0 saturated heterocycles. The van der Waals surface area contributed by atoms with Gasteiger partial charge in [-0.25, -0.2) is 44.7 Å². The van der Waals surface area contributed by atoms with E-state index in [1.165, 1.54) is 30.5 Å². The number of benzene rings is 2. The molecule has 2 aromatic carbocycles. The highest BCUT2D eigenvalue weighted by atomic mass is 35.5. The molecule has 0 bridgehead atoms. The lowest BCUT2D eigenvalue weighted by atomic mass is 10.0. The predicted octanol–water partition coefficient (Wildman–Crippen LogP) is 6.14. The standard InChI is InChI=1S/C35H26ClF8N9O4S/c1-58(56,57)50-32-26-20(36)4-5-22(28(26)51(49-32)12-23(39)40)53-33(47-31-17(34(53)55)3-2-6-45-31)21(9-14-7-15(37)10-16(38)8-14)46-24(54)13-52-29-25(27(48-52)30(41)42)18-11-19(18)35(29,43)44/h2-8,10,18-19,21,23,30H,9,11-13H2,1H3,(H,46,54)(H,49,50)/t18-,19+,21?/m0/s1. The van der Waals surface area contributed by atoms with Gasteiger partial charge in [-0.05, 0) is 54.3 Å². The van der Waals surface area contributed by atoms with Crippen LogP contribution in [0.25, 0.3) is 27.6 Å². The molecule has 2 aliphatic rings. The van der Waals surface area contributed by atoms with Crippen LogP contribution in [0.15, 0.2) is 53.5 Å². The minimum absolute atomic E-state index is 0.0386. The Balaban J connectivity index is 1.33. The van der Waals surface area contributed by atoms with Crippen LogP contribution >= 0.6 is 11.6 Å². The minimum atomic E-state index is -4.10. The Bertz CT molecular complexity index is 2830. The van der Waals surface area contributed by atoms with Gasteiger partial charge in [0.05, 0.1) is 39.3 Å². The molecule has 0 spiro atoms. The normalized spacial score (nSPS) is 17.6. The predicted molar refractivity (Wildman–Crippen MR) is 191 cm³/mol. The van der Waals surface area contributed by atoms with Crippen molar-refractivity contribution < 1.29 is 48.3 Å². The lowest BCUT2D eigenvalue weighted by Crippen LogP contribution is -2.38. The summed E-state index contributed by atoms with van der Waals surface area (Å²) < 4.78 is 145. The third kappa shape index (κ3) is 6.90. The molecule has 304 valence electrons. The van der Waals surface area contributed by atoms with Crippen LogP contribution in [0.5, 0.6) is 0 Å². The van der Waals surface area contributed by atoms with Crippen molar-refractivity contribution in [2.75, 3.05) is 11.0 Å². The van der Waals surface area contributed by atoms with Crippen molar-refractivity contribution >= 4 is 55.3 Å². The summed E-state index contributed by atoms with van der Waals surface area (Å²) in [5, 5.41) is 9.60. The van der Waals surface area contributed by atoms with Crippen LogP contribution < -0.4 is 15.6 Å². The van der Waals surface area contributed by atoms with Gasteiger partial charge < -0.3 is 5.32 Å². The molecule has 4 aromatic heterocycles. The Morgan fingerprint density at radius 1 is 1.05 bits per heavy atom. The Morgan fingerprint density at radius 3 is 2.45 bits per heavy atom. The molecule has 13 nitrogen and oxygen atoms in total. The highest BCUT2D eigenvalue weighted by molar-refractivity contribution is 7.92. The van der Waals surface area contributed by atoms with E-state index in [4.69, 9.17) is 11.6 Å². The van der Waals surface area contributed by atoms with E-state index in [1.807, 2.05) is 0 Å². The van der Waals surface area contributed by atoms with E-state index in [-0.39, 0.29) is 50.2 Å². The van der Waals surface area contributed by atoms with Gasteiger partial charge in [0.2, 0.25) is 15.9 Å². The SMILES string of the molecule is CS(=O)(=O)Nc1nn(CC(F)F)c2c(-n3c(C(Cc4cc(F)cc(F)c4)NC(=O)Cn4nc(C(F)F)c5c4C(F)(F)[C@@H]4C[C@H]54)nc4ncccc4c3=O)ccc(Cl)c12. The fourth-order valence-corrected chi connectivity index (χ4v) is 8.32. The average Bonchev–Trinajstić information content (AvgIpc) is 3.65. The number of fused-ring (bicyclic) bond motifs is 5. The maximum Gasteiger partial charge on any atom is 0.293 e. The zero-order valence-corrected chi connectivity index (χ0v) is 31.0. The Labute approximate surface area is 325 Å². The number of carbonyl (C=O) groups is 1. The van der Waals surface area contributed by atoms with Crippen LogP contribution in [0.3, 0.4) is 0 Å². The number of alkyl halides is 6. The van der Waals surface area contributed by atoms with Crippen LogP contribution in [0.4, 0.5) is 40.9 Å². The molecule has 1 unspecified atom stereocenters. The summed E-state index contributed by atoms with van der Waals surface area (Å²) >= 11 is 6.49. The smallest absolute Gasteiger partial charge is 0.293 e. The molecular formula is C35H26ClF8N9O4S. The summed E-state index contributed by atoms with van der Waals surface area (Å²) in [4.78, 5) is 37.1. The summed E-state index contributed by atoms with van der Waals surface area (Å²) in [6.07, 6.45) is -4.90. The fraction of sp³-hybridized carbons (Fsp3) is 0.314.